The monoisotopic (exact) mass is 307 g/mol. The Labute approximate surface area is 127 Å². The van der Waals surface area contributed by atoms with Crippen LogP contribution in [0.15, 0.2) is 42.5 Å². The molecule has 0 aliphatic heterocycles. The van der Waals surface area contributed by atoms with Crippen molar-refractivity contribution in [2.75, 3.05) is 11.4 Å². The minimum Gasteiger partial charge on any atom is -0.480 e. The number of carboxylic acids is 1. The van der Waals surface area contributed by atoms with E-state index in [0.29, 0.717) is 17.1 Å². The van der Waals surface area contributed by atoms with Gasteiger partial charge in [0.05, 0.1) is 0 Å². The van der Waals surface area contributed by atoms with Gasteiger partial charge in [-0.3, -0.25) is 4.79 Å². The lowest BCUT2D eigenvalue weighted by Crippen LogP contribution is -2.29. The van der Waals surface area contributed by atoms with Gasteiger partial charge in [0.15, 0.2) is 0 Å². The summed E-state index contributed by atoms with van der Waals surface area (Å²) in [7, 11) is 0. The van der Waals surface area contributed by atoms with Crippen LogP contribution in [0.25, 0.3) is 0 Å². The molecule has 0 fully saturated rings. The van der Waals surface area contributed by atoms with E-state index < -0.39 is 5.97 Å². The van der Waals surface area contributed by atoms with Crippen molar-refractivity contribution in [2.45, 2.75) is 13.5 Å². The van der Waals surface area contributed by atoms with Gasteiger partial charge in [0.2, 0.25) is 0 Å². The Morgan fingerprint density at radius 2 is 1.90 bits per heavy atom. The highest BCUT2D eigenvalue weighted by Crippen LogP contribution is 2.21. The zero-order chi connectivity index (χ0) is 15.4. The van der Waals surface area contributed by atoms with E-state index in [1.807, 2.05) is 0 Å². The SMILES string of the molecule is Cc1cc(CN(CC(=O)O)c2ccc(Cl)cc2)ccc1F. The largest absolute Gasteiger partial charge is 0.480 e. The molecule has 5 heteroatoms. The molecule has 2 aromatic rings. The van der Waals surface area contributed by atoms with E-state index in [2.05, 4.69) is 0 Å². The maximum absolute atomic E-state index is 13.3. The molecule has 0 spiro atoms. The van der Waals surface area contributed by atoms with Crippen molar-refractivity contribution in [1.82, 2.24) is 0 Å². The summed E-state index contributed by atoms with van der Waals surface area (Å²) in [6.07, 6.45) is 0. The van der Waals surface area contributed by atoms with Crippen LogP contribution in [0.2, 0.25) is 5.02 Å². The predicted octanol–water partition coefficient (Wildman–Crippen LogP) is 3.88. The first-order valence-corrected chi connectivity index (χ1v) is 6.81. The van der Waals surface area contributed by atoms with E-state index in [4.69, 9.17) is 16.7 Å². The number of nitrogens with zero attached hydrogens (tertiary/aromatic N) is 1. The first-order chi connectivity index (χ1) is 9.95. The maximum Gasteiger partial charge on any atom is 0.323 e. The lowest BCUT2D eigenvalue weighted by atomic mass is 10.1. The first kappa shape index (κ1) is 15.3. The Balaban J connectivity index is 2.25. The van der Waals surface area contributed by atoms with Crippen LogP contribution in [0.1, 0.15) is 11.1 Å². The third kappa shape index (κ3) is 4.20. The molecule has 0 amide bonds. The number of hydrogen-bond acceptors (Lipinski definition) is 2. The number of aliphatic carboxylic acids is 1. The number of carbonyl (C=O) groups is 1. The maximum atomic E-state index is 13.3. The molecule has 0 radical (unpaired) electrons. The summed E-state index contributed by atoms with van der Waals surface area (Å²) in [4.78, 5) is 12.7. The fourth-order valence-corrected chi connectivity index (χ4v) is 2.21. The highest BCUT2D eigenvalue weighted by atomic mass is 35.5. The summed E-state index contributed by atoms with van der Waals surface area (Å²) < 4.78 is 13.3. The normalized spacial score (nSPS) is 10.4. The number of halogens is 2. The van der Waals surface area contributed by atoms with Gasteiger partial charge in [-0.25, -0.2) is 4.39 Å². The number of anilines is 1. The first-order valence-electron chi connectivity index (χ1n) is 6.43. The standard InChI is InChI=1S/C16H15ClFNO2/c1-11-8-12(2-7-15(11)18)9-19(10-16(20)21)14-5-3-13(17)4-6-14/h2-8H,9-10H2,1H3,(H,20,21). The molecular formula is C16H15ClFNO2. The lowest BCUT2D eigenvalue weighted by Gasteiger charge is -2.23. The quantitative estimate of drug-likeness (QED) is 0.911. The second kappa shape index (κ2) is 6.59. The third-order valence-corrected chi connectivity index (χ3v) is 3.37. The number of hydrogen-bond donors (Lipinski definition) is 1. The summed E-state index contributed by atoms with van der Waals surface area (Å²) in [5.41, 5.74) is 2.15. The van der Waals surface area contributed by atoms with Gasteiger partial charge in [-0.1, -0.05) is 23.7 Å². The van der Waals surface area contributed by atoms with Crippen molar-refractivity contribution in [1.29, 1.82) is 0 Å². The second-order valence-corrected chi connectivity index (χ2v) is 5.25. The van der Waals surface area contributed by atoms with Crippen LogP contribution >= 0.6 is 11.6 Å². The fraction of sp³-hybridized carbons (Fsp3) is 0.188. The minimum atomic E-state index is -0.927. The van der Waals surface area contributed by atoms with Gasteiger partial charge in [-0.05, 0) is 48.4 Å². The fourth-order valence-electron chi connectivity index (χ4n) is 2.08. The number of carboxylic acid groups (broad SMARTS) is 1. The summed E-state index contributed by atoms with van der Waals surface area (Å²) >= 11 is 5.84. The molecule has 0 unspecified atom stereocenters. The van der Waals surface area contributed by atoms with Crippen LogP contribution in [-0.2, 0) is 11.3 Å². The molecule has 1 N–H and O–H groups in total. The molecule has 0 bridgehead atoms. The lowest BCUT2D eigenvalue weighted by molar-refractivity contribution is -0.135. The van der Waals surface area contributed by atoms with Gasteiger partial charge < -0.3 is 10.0 Å². The van der Waals surface area contributed by atoms with Crippen molar-refractivity contribution >= 4 is 23.3 Å². The summed E-state index contributed by atoms with van der Waals surface area (Å²) in [5.74, 6) is -1.20. The smallest absolute Gasteiger partial charge is 0.323 e. The van der Waals surface area contributed by atoms with E-state index in [9.17, 15) is 9.18 Å². The Morgan fingerprint density at radius 3 is 2.48 bits per heavy atom. The minimum absolute atomic E-state index is 0.141. The average molecular weight is 308 g/mol. The van der Waals surface area contributed by atoms with Crippen LogP contribution in [-0.4, -0.2) is 17.6 Å². The third-order valence-electron chi connectivity index (χ3n) is 3.11. The zero-order valence-corrected chi connectivity index (χ0v) is 12.3. The van der Waals surface area contributed by atoms with Gasteiger partial charge in [-0.2, -0.15) is 0 Å². The van der Waals surface area contributed by atoms with E-state index >= 15 is 0 Å². The van der Waals surface area contributed by atoms with Crippen LogP contribution in [0.3, 0.4) is 0 Å². The molecule has 0 atom stereocenters. The number of benzene rings is 2. The molecule has 2 rings (SSSR count). The molecule has 0 saturated carbocycles. The molecule has 2 aromatic carbocycles. The van der Waals surface area contributed by atoms with Crippen molar-refractivity contribution in [3.05, 3.63) is 64.4 Å². The Bertz CT molecular complexity index is 643. The molecule has 21 heavy (non-hydrogen) atoms. The van der Waals surface area contributed by atoms with Crippen molar-refractivity contribution in [3.8, 4) is 0 Å². The predicted molar refractivity (Wildman–Crippen MR) is 81.3 cm³/mol. The van der Waals surface area contributed by atoms with Crippen molar-refractivity contribution in [3.63, 3.8) is 0 Å². The molecule has 0 aliphatic carbocycles. The number of rotatable bonds is 5. The molecule has 0 aliphatic rings. The molecule has 0 heterocycles. The van der Waals surface area contributed by atoms with E-state index in [1.165, 1.54) is 6.07 Å². The van der Waals surface area contributed by atoms with Gasteiger partial charge in [0.25, 0.3) is 0 Å². The van der Waals surface area contributed by atoms with Crippen LogP contribution in [0.5, 0.6) is 0 Å². The molecule has 0 saturated heterocycles. The Kier molecular flexibility index (Phi) is 4.81. The van der Waals surface area contributed by atoms with Gasteiger partial charge in [0, 0.05) is 17.3 Å². The van der Waals surface area contributed by atoms with Crippen LogP contribution in [0, 0.1) is 12.7 Å². The van der Waals surface area contributed by atoms with Gasteiger partial charge in [-0.15, -0.1) is 0 Å². The molecular weight excluding hydrogens is 293 g/mol. The Morgan fingerprint density at radius 1 is 1.24 bits per heavy atom. The second-order valence-electron chi connectivity index (χ2n) is 4.81. The zero-order valence-electron chi connectivity index (χ0n) is 11.5. The summed E-state index contributed by atoms with van der Waals surface area (Å²) in [6, 6.07) is 11.7. The van der Waals surface area contributed by atoms with Crippen molar-refractivity contribution in [2.24, 2.45) is 0 Å². The average Bonchev–Trinajstić information content (AvgIpc) is 2.42. The van der Waals surface area contributed by atoms with E-state index in [1.54, 1.807) is 48.2 Å². The Hall–Kier alpha value is -2.07. The van der Waals surface area contributed by atoms with Gasteiger partial charge in [0.1, 0.15) is 12.4 Å². The van der Waals surface area contributed by atoms with Gasteiger partial charge >= 0.3 is 5.97 Å². The highest BCUT2D eigenvalue weighted by Gasteiger charge is 2.12. The van der Waals surface area contributed by atoms with Crippen LogP contribution < -0.4 is 4.90 Å². The van der Waals surface area contributed by atoms with E-state index in [0.717, 1.165) is 11.3 Å². The summed E-state index contributed by atoms with van der Waals surface area (Å²) in [5, 5.41) is 9.64. The molecule has 3 nitrogen and oxygen atoms in total. The summed E-state index contributed by atoms with van der Waals surface area (Å²) in [6.45, 7) is 1.93. The highest BCUT2D eigenvalue weighted by molar-refractivity contribution is 6.30. The number of aryl methyl sites for hydroxylation is 1. The topological polar surface area (TPSA) is 40.5 Å². The van der Waals surface area contributed by atoms with Crippen LogP contribution in [0.4, 0.5) is 10.1 Å². The van der Waals surface area contributed by atoms with Crippen molar-refractivity contribution < 1.29 is 14.3 Å². The molecule has 110 valence electrons. The molecule has 0 aromatic heterocycles. The van der Waals surface area contributed by atoms with E-state index in [-0.39, 0.29) is 12.4 Å².